The van der Waals surface area contributed by atoms with Crippen molar-refractivity contribution < 1.29 is 22.4 Å². The monoisotopic (exact) mass is 598 g/mol. The number of nitrogens with one attached hydrogen (secondary N) is 2. The van der Waals surface area contributed by atoms with Crippen LogP contribution in [0.4, 0.5) is 10.1 Å². The summed E-state index contributed by atoms with van der Waals surface area (Å²) < 4.78 is 44.1. The minimum absolute atomic E-state index is 0.000945. The molecule has 8 nitrogen and oxygen atoms in total. The van der Waals surface area contributed by atoms with Crippen LogP contribution in [-0.2, 0) is 19.8 Å². The van der Waals surface area contributed by atoms with E-state index in [0.29, 0.717) is 12.0 Å². The van der Waals surface area contributed by atoms with Gasteiger partial charge in [-0.15, -0.1) is 11.6 Å². The van der Waals surface area contributed by atoms with Gasteiger partial charge in [-0.05, 0) is 49.9 Å². The Morgan fingerprint density at radius 2 is 1.79 bits per heavy atom. The molecule has 2 aliphatic rings. The fourth-order valence-corrected chi connectivity index (χ4v) is 7.21. The molecule has 2 atom stereocenters. The summed E-state index contributed by atoms with van der Waals surface area (Å²) in [5.41, 5.74) is 0.486. The molecule has 0 bridgehead atoms. The molecule has 212 valence electrons. The van der Waals surface area contributed by atoms with Gasteiger partial charge in [0.25, 0.3) is 10.2 Å². The van der Waals surface area contributed by atoms with Gasteiger partial charge in [0.15, 0.2) is 0 Å². The smallest absolute Gasteiger partial charge is 0.280 e. The van der Waals surface area contributed by atoms with Gasteiger partial charge in [-0.3, -0.25) is 14.5 Å². The van der Waals surface area contributed by atoms with Crippen molar-refractivity contribution in [2.75, 3.05) is 23.9 Å². The van der Waals surface area contributed by atoms with Gasteiger partial charge in [-0.2, -0.15) is 12.7 Å². The van der Waals surface area contributed by atoms with E-state index in [1.54, 1.807) is 24.3 Å². The number of amides is 2. The highest BCUT2D eigenvalue weighted by atomic mass is 35.5. The first kappa shape index (κ1) is 29.7. The normalized spacial score (nSPS) is 19.5. The minimum atomic E-state index is -4.03. The van der Waals surface area contributed by atoms with Gasteiger partial charge in [-0.1, -0.05) is 55.1 Å². The third-order valence-corrected chi connectivity index (χ3v) is 9.31. The van der Waals surface area contributed by atoms with Crippen LogP contribution in [-0.4, -0.2) is 55.6 Å². The van der Waals surface area contributed by atoms with Crippen molar-refractivity contribution in [3.8, 4) is 0 Å². The van der Waals surface area contributed by atoms with Crippen LogP contribution in [0.3, 0.4) is 0 Å². The lowest BCUT2D eigenvalue weighted by molar-refractivity contribution is -0.128. The molecule has 1 aliphatic heterocycles. The maximum absolute atomic E-state index is 14.5. The predicted molar refractivity (Wildman–Crippen MR) is 150 cm³/mol. The second-order valence-corrected chi connectivity index (χ2v) is 12.3. The molecule has 4 rings (SSSR count). The minimum Gasteiger partial charge on any atom is -0.351 e. The Bertz CT molecular complexity index is 1280. The van der Waals surface area contributed by atoms with Crippen molar-refractivity contribution in [3.63, 3.8) is 0 Å². The number of carbonyl (C=O) groups is 2. The molecule has 2 N–H and O–H groups in total. The lowest BCUT2D eigenvalue weighted by atomic mass is 9.94. The summed E-state index contributed by atoms with van der Waals surface area (Å²) in [4.78, 5) is 29.5. The molecule has 1 aliphatic carbocycles. The number of hydrogen-bond acceptors (Lipinski definition) is 4. The van der Waals surface area contributed by atoms with E-state index in [-0.39, 0.29) is 42.1 Å². The van der Waals surface area contributed by atoms with Crippen molar-refractivity contribution in [1.82, 2.24) is 14.3 Å². The molecule has 1 saturated carbocycles. The number of hydrogen-bond donors (Lipinski definition) is 2. The lowest BCUT2D eigenvalue weighted by Gasteiger charge is -2.36. The van der Waals surface area contributed by atoms with Crippen molar-refractivity contribution in [2.45, 2.75) is 63.1 Å². The summed E-state index contributed by atoms with van der Waals surface area (Å²) in [5.74, 6) is -1.63. The Morgan fingerprint density at radius 1 is 1.05 bits per heavy atom. The van der Waals surface area contributed by atoms with Gasteiger partial charge in [0.1, 0.15) is 17.9 Å². The van der Waals surface area contributed by atoms with Crippen LogP contribution >= 0.6 is 23.2 Å². The number of halogens is 3. The van der Waals surface area contributed by atoms with E-state index in [0.717, 1.165) is 42.5 Å². The Hall–Kier alpha value is -2.24. The highest BCUT2D eigenvalue weighted by Crippen LogP contribution is 2.35. The SMILES string of the molecule is O=C(NC1CCCCC1)[C@H](c1ccccc1Cl)N(C(=O)[C@@H]1CCCN1S(=O)(=O)NCCCl)c1cccc(F)c1. The molecule has 2 aromatic rings. The molecule has 12 heteroatoms. The molecule has 0 unspecified atom stereocenters. The largest absolute Gasteiger partial charge is 0.351 e. The Balaban J connectivity index is 1.79. The molecular formula is C27H33Cl2FN4O4S. The molecule has 2 amide bonds. The summed E-state index contributed by atoms with van der Waals surface area (Å²) in [5, 5.41) is 3.34. The third-order valence-electron chi connectivity index (χ3n) is 7.16. The van der Waals surface area contributed by atoms with E-state index in [9.17, 15) is 22.4 Å². The lowest BCUT2D eigenvalue weighted by Crippen LogP contribution is -2.54. The van der Waals surface area contributed by atoms with E-state index < -0.39 is 39.9 Å². The zero-order chi connectivity index (χ0) is 28.0. The number of benzene rings is 2. The summed E-state index contributed by atoms with van der Waals surface area (Å²) in [6.07, 6.45) is 5.38. The average molecular weight is 600 g/mol. The van der Waals surface area contributed by atoms with E-state index >= 15 is 0 Å². The molecular weight excluding hydrogens is 566 g/mol. The van der Waals surface area contributed by atoms with Gasteiger partial charge in [0.05, 0.1) is 0 Å². The van der Waals surface area contributed by atoms with Gasteiger partial charge in [0, 0.05) is 41.3 Å². The van der Waals surface area contributed by atoms with Crippen LogP contribution in [0.5, 0.6) is 0 Å². The zero-order valence-corrected chi connectivity index (χ0v) is 23.8. The molecule has 39 heavy (non-hydrogen) atoms. The van der Waals surface area contributed by atoms with Crippen LogP contribution in [0.1, 0.15) is 56.6 Å². The van der Waals surface area contributed by atoms with Crippen LogP contribution in [0.15, 0.2) is 48.5 Å². The van der Waals surface area contributed by atoms with Gasteiger partial charge in [0.2, 0.25) is 11.8 Å². The second kappa shape index (κ2) is 13.4. The van der Waals surface area contributed by atoms with Crippen molar-refractivity contribution >= 4 is 50.9 Å². The highest BCUT2D eigenvalue weighted by molar-refractivity contribution is 7.87. The average Bonchev–Trinajstić information content (AvgIpc) is 3.43. The second-order valence-electron chi connectivity index (χ2n) is 9.81. The van der Waals surface area contributed by atoms with E-state index in [1.165, 1.54) is 23.1 Å². The fraction of sp³-hybridized carbons (Fsp3) is 0.481. The number of anilines is 1. The first-order valence-corrected chi connectivity index (χ1v) is 15.5. The molecule has 0 radical (unpaired) electrons. The first-order valence-electron chi connectivity index (χ1n) is 13.2. The van der Waals surface area contributed by atoms with Gasteiger partial charge in [-0.25, -0.2) is 9.11 Å². The van der Waals surface area contributed by atoms with Crippen molar-refractivity contribution in [3.05, 3.63) is 64.9 Å². The Kier molecular flexibility index (Phi) is 10.2. The summed E-state index contributed by atoms with van der Waals surface area (Å²) >= 11 is 12.3. The van der Waals surface area contributed by atoms with E-state index in [1.807, 2.05) is 0 Å². The fourth-order valence-electron chi connectivity index (χ4n) is 5.34. The Labute approximate surface area is 239 Å². The number of nitrogens with zero attached hydrogens (tertiary/aromatic N) is 2. The van der Waals surface area contributed by atoms with Crippen LogP contribution < -0.4 is 14.9 Å². The van der Waals surface area contributed by atoms with E-state index in [2.05, 4.69) is 10.0 Å². The van der Waals surface area contributed by atoms with Gasteiger partial charge >= 0.3 is 0 Å². The maximum atomic E-state index is 14.5. The number of rotatable bonds is 10. The van der Waals surface area contributed by atoms with Crippen LogP contribution in [0, 0.1) is 5.82 Å². The predicted octanol–water partition coefficient (Wildman–Crippen LogP) is 4.54. The number of alkyl halides is 1. The van der Waals surface area contributed by atoms with Crippen LogP contribution in [0.25, 0.3) is 0 Å². The van der Waals surface area contributed by atoms with Crippen LogP contribution in [0.2, 0.25) is 5.02 Å². The first-order chi connectivity index (χ1) is 18.7. The molecule has 0 aromatic heterocycles. The molecule has 1 heterocycles. The number of carbonyl (C=O) groups excluding carboxylic acids is 2. The third kappa shape index (κ3) is 7.10. The molecule has 2 aromatic carbocycles. The van der Waals surface area contributed by atoms with Gasteiger partial charge < -0.3 is 5.32 Å². The maximum Gasteiger partial charge on any atom is 0.280 e. The molecule has 2 fully saturated rings. The highest BCUT2D eigenvalue weighted by Gasteiger charge is 2.44. The Morgan fingerprint density at radius 3 is 2.49 bits per heavy atom. The summed E-state index contributed by atoms with van der Waals surface area (Å²) in [6, 6.07) is 9.64. The van der Waals surface area contributed by atoms with Crippen molar-refractivity contribution in [2.24, 2.45) is 0 Å². The molecule has 0 spiro atoms. The molecule has 1 saturated heterocycles. The zero-order valence-electron chi connectivity index (χ0n) is 21.5. The summed E-state index contributed by atoms with van der Waals surface area (Å²) in [6.45, 7) is 0.122. The van der Waals surface area contributed by atoms with Crippen molar-refractivity contribution in [1.29, 1.82) is 0 Å². The van der Waals surface area contributed by atoms with E-state index in [4.69, 9.17) is 23.2 Å². The standard InChI is InChI=1S/C27H33Cl2FN4O4S/c28-15-16-31-39(37,38)33-17-7-14-24(33)27(36)34(21-11-6-8-19(30)18-21)25(22-12-4-5-13-23(22)29)26(35)32-20-9-2-1-3-10-20/h4-6,8,11-13,18,20,24-25,31H,1-3,7,9-10,14-17H2,(H,32,35)/t24-,25-/m0/s1. The topological polar surface area (TPSA) is 98.8 Å². The quantitative estimate of drug-likeness (QED) is 0.392. The summed E-state index contributed by atoms with van der Waals surface area (Å²) in [7, 11) is -4.03.